The second-order valence-corrected chi connectivity index (χ2v) is 4.70. The van der Waals surface area contributed by atoms with E-state index in [-0.39, 0.29) is 0 Å². The fourth-order valence-corrected chi connectivity index (χ4v) is 1.98. The average molecular weight is 303 g/mol. The number of pyridine rings is 1. The Morgan fingerprint density at radius 3 is 2.83 bits per heavy atom. The summed E-state index contributed by atoms with van der Waals surface area (Å²) in [7, 11) is 1.86. The van der Waals surface area contributed by atoms with Crippen molar-refractivity contribution in [3.63, 3.8) is 0 Å². The van der Waals surface area contributed by atoms with Crippen molar-refractivity contribution in [3.8, 4) is 6.07 Å². The molecule has 0 aliphatic heterocycles. The summed E-state index contributed by atoms with van der Waals surface area (Å²) < 4.78 is 0.836. The molecular formula is C13H11BrN4. The number of halogens is 1. The predicted octanol–water partition coefficient (Wildman–Crippen LogP) is 3.07. The highest BCUT2D eigenvalue weighted by Crippen LogP contribution is 2.28. The van der Waals surface area contributed by atoms with Crippen molar-refractivity contribution in [2.75, 3.05) is 17.7 Å². The molecule has 4 nitrogen and oxygen atoms in total. The number of aromatic nitrogens is 1. The zero-order chi connectivity index (χ0) is 13.1. The largest absolute Gasteiger partial charge is 0.396 e. The molecule has 0 saturated carbocycles. The average Bonchev–Trinajstić information content (AvgIpc) is 2.38. The summed E-state index contributed by atoms with van der Waals surface area (Å²) in [6, 6.07) is 11.2. The van der Waals surface area contributed by atoms with Crippen LogP contribution in [0.15, 0.2) is 41.0 Å². The first kappa shape index (κ1) is 12.4. The van der Waals surface area contributed by atoms with Gasteiger partial charge in [-0.05, 0) is 40.2 Å². The van der Waals surface area contributed by atoms with Crippen molar-refractivity contribution < 1.29 is 0 Å². The minimum absolute atomic E-state index is 0.578. The molecule has 0 amide bonds. The van der Waals surface area contributed by atoms with Gasteiger partial charge in [0.15, 0.2) is 5.82 Å². The van der Waals surface area contributed by atoms with E-state index in [9.17, 15) is 0 Å². The standard InChI is InChI=1S/C13H11BrN4/c1-18(11-4-2-3-9(5-11)7-15)13-12(16)6-10(14)8-17-13/h2-6,8H,16H2,1H3. The van der Waals surface area contributed by atoms with E-state index in [1.54, 1.807) is 24.4 Å². The number of rotatable bonds is 2. The van der Waals surface area contributed by atoms with E-state index >= 15 is 0 Å². The molecule has 18 heavy (non-hydrogen) atoms. The van der Waals surface area contributed by atoms with Gasteiger partial charge in [0.1, 0.15) is 0 Å². The third-order valence-corrected chi connectivity index (χ3v) is 2.98. The van der Waals surface area contributed by atoms with Crippen molar-refractivity contribution >= 4 is 33.1 Å². The zero-order valence-corrected chi connectivity index (χ0v) is 11.3. The van der Waals surface area contributed by atoms with Gasteiger partial charge in [-0.3, -0.25) is 0 Å². The summed E-state index contributed by atoms with van der Waals surface area (Å²) in [5, 5.41) is 8.89. The van der Waals surface area contributed by atoms with Crippen molar-refractivity contribution in [1.82, 2.24) is 4.98 Å². The van der Waals surface area contributed by atoms with Gasteiger partial charge < -0.3 is 10.6 Å². The molecule has 2 rings (SSSR count). The molecule has 0 saturated heterocycles. The number of benzene rings is 1. The van der Waals surface area contributed by atoms with Crippen LogP contribution in [0.1, 0.15) is 5.56 Å². The topological polar surface area (TPSA) is 65.9 Å². The summed E-state index contributed by atoms with van der Waals surface area (Å²) in [6.07, 6.45) is 1.69. The lowest BCUT2D eigenvalue weighted by molar-refractivity contribution is 1.13. The SMILES string of the molecule is CN(c1cccc(C#N)c1)c1ncc(Br)cc1N. The molecule has 1 aromatic carbocycles. The molecule has 0 aliphatic carbocycles. The molecule has 0 unspecified atom stereocenters. The van der Waals surface area contributed by atoms with Gasteiger partial charge in [0.2, 0.25) is 0 Å². The van der Waals surface area contributed by atoms with Crippen LogP contribution in [0.3, 0.4) is 0 Å². The molecule has 2 N–H and O–H groups in total. The highest BCUT2D eigenvalue weighted by atomic mass is 79.9. The quantitative estimate of drug-likeness (QED) is 0.926. The summed E-state index contributed by atoms with van der Waals surface area (Å²) in [6.45, 7) is 0. The molecule has 1 heterocycles. The van der Waals surface area contributed by atoms with E-state index in [4.69, 9.17) is 11.0 Å². The molecule has 0 atom stereocenters. The van der Waals surface area contributed by atoms with E-state index in [1.165, 1.54) is 0 Å². The number of hydrogen-bond acceptors (Lipinski definition) is 4. The van der Waals surface area contributed by atoms with Crippen LogP contribution >= 0.6 is 15.9 Å². The number of anilines is 3. The lowest BCUT2D eigenvalue weighted by Crippen LogP contribution is -2.13. The maximum atomic E-state index is 8.89. The summed E-state index contributed by atoms with van der Waals surface area (Å²) in [5.74, 6) is 0.660. The van der Waals surface area contributed by atoms with E-state index < -0.39 is 0 Å². The fraction of sp³-hybridized carbons (Fsp3) is 0.0769. The van der Waals surface area contributed by atoms with Crippen molar-refractivity contribution in [2.45, 2.75) is 0 Å². The van der Waals surface area contributed by atoms with Crippen LogP contribution < -0.4 is 10.6 Å². The van der Waals surface area contributed by atoms with Gasteiger partial charge in [0.25, 0.3) is 0 Å². The van der Waals surface area contributed by atoms with Crippen LogP contribution in [0.25, 0.3) is 0 Å². The van der Waals surface area contributed by atoms with Gasteiger partial charge >= 0.3 is 0 Å². The highest BCUT2D eigenvalue weighted by Gasteiger charge is 2.09. The minimum atomic E-state index is 0.578. The monoisotopic (exact) mass is 302 g/mol. The molecule has 90 valence electrons. The predicted molar refractivity (Wildman–Crippen MR) is 75.6 cm³/mol. The van der Waals surface area contributed by atoms with E-state index in [0.29, 0.717) is 17.1 Å². The van der Waals surface area contributed by atoms with Crippen molar-refractivity contribution in [3.05, 3.63) is 46.6 Å². The number of nitrogens with zero attached hydrogens (tertiary/aromatic N) is 3. The van der Waals surface area contributed by atoms with E-state index in [0.717, 1.165) is 10.2 Å². The van der Waals surface area contributed by atoms with Gasteiger partial charge in [0.05, 0.1) is 17.3 Å². The lowest BCUT2D eigenvalue weighted by Gasteiger charge is -2.20. The maximum Gasteiger partial charge on any atom is 0.156 e. The van der Waals surface area contributed by atoms with Crippen LogP contribution in [-0.4, -0.2) is 12.0 Å². The summed E-state index contributed by atoms with van der Waals surface area (Å²) >= 11 is 3.32. The molecule has 0 spiro atoms. The van der Waals surface area contributed by atoms with Crippen LogP contribution in [0.5, 0.6) is 0 Å². The molecule has 2 aromatic rings. The molecule has 0 bridgehead atoms. The van der Waals surface area contributed by atoms with Gasteiger partial charge in [-0.2, -0.15) is 5.26 Å². The maximum absolute atomic E-state index is 8.89. The van der Waals surface area contributed by atoms with Gasteiger partial charge in [-0.25, -0.2) is 4.98 Å². The Balaban J connectivity index is 2.41. The highest BCUT2D eigenvalue weighted by molar-refractivity contribution is 9.10. The van der Waals surface area contributed by atoms with Crippen LogP contribution in [0.2, 0.25) is 0 Å². The van der Waals surface area contributed by atoms with Gasteiger partial charge in [-0.1, -0.05) is 6.07 Å². The van der Waals surface area contributed by atoms with Crippen LogP contribution in [0.4, 0.5) is 17.2 Å². The van der Waals surface area contributed by atoms with Crippen LogP contribution in [0, 0.1) is 11.3 Å². The molecule has 1 aromatic heterocycles. The molecule has 0 fully saturated rings. The number of nitriles is 1. The van der Waals surface area contributed by atoms with Gasteiger partial charge in [0, 0.05) is 23.4 Å². The second kappa shape index (κ2) is 5.07. The Hall–Kier alpha value is -2.06. The Kier molecular flexibility index (Phi) is 3.49. The summed E-state index contributed by atoms with van der Waals surface area (Å²) in [4.78, 5) is 6.13. The third kappa shape index (κ3) is 2.44. The number of nitrogen functional groups attached to an aromatic ring is 1. The third-order valence-electron chi connectivity index (χ3n) is 2.54. The fourth-order valence-electron chi connectivity index (χ4n) is 1.63. The van der Waals surface area contributed by atoms with E-state index in [2.05, 4.69) is 27.0 Å². The number of nitrogens with two attached hydrogens (primary N) is 1. The van der Waals surface area contributed by atoms with Crippen LogP contribution in [-0.2, 0) is 0 Å². The molecule has 0 radical (unpaired) electrons. The Morgan fingerprint density at radius 1 is 1.39 bits per heavy atom. The van der Waals surface area contributed by atoms with E-state index in [1.807, 2.05) is 24.1 Å². The molecule has 0 aliphatic rings. The first-order chi connectivity index (χ1) is 8.61. The molecule has 5 heteroatoms. The smallest absolute Gasteiger partial charge is 0.156 e. The van der Waals surface area contributed by atoms with Crippen molar-refractivity contribution in [2.24, 2.45) is 0 Å². The zero-order valence-electron chi connectivity index (χ0n) is 9.76. The Labute approximate surface area is 114 Å². The first-order valence-corrected chi connectivity index (χ1v) is 6.06. The lowest BCUT2D eigenvalue weighted by atomic mass is 10.2. The normalized spacial score (nSPS) is 9.83. The van der Waals surface area contributed by atoms with Gasteiger partial charge in [-0.15, -0.1) is 0 Å². The minimum Gasteiger partial charge on any atom is -0.396 e. The Bertz CT molecular complexity index is 619. The summed E-state index contributed by atoms with van der Waals surface area (Å²) in [5.41, 5.74) is 7.99. The Morgan fingerprint density at radius 2 is 2.17 bits per heavy atom. The van der Waals surface area contributed by atoms with Crippen molar-refractivity contribution in [1.29, 1.82) is 5.26 Å². The first-order valence-electron chi connectivity index (χ1n) is 5.26. The molecular weight excluding hydrogens is 292 g/mol. The number of hydrogen-bond donors (Lipinski definition) is 1. The second-order valence-electron chi connectivity index (χ2n) is 3.79.